The number of hydrogen-bond acceptors (Lipinski definition) is 5. The molecule has 230 valence electrons. The molecule has 5 rings (SSSR count). The predicted octanol–water partition coefficient (Wildman–Crippen LogP) is 5.33. The van der Waals surface area contributed by atoms with Crippen LogP contribution in [-0.4, -0.2) is 56.7 Å². The number of aryl methyl sites for hydroxylation is 1. The minimum Gasteiger partial charge on any atom is -0.343 e. The van der Waals surface area contributed by atoms with Gasteiger partial charge in [0.1, 0.15) is 18.7 Å². The summed E-state index contributed by atoms with van der Waals surface area (Å²) in [6.45, 7) is 6.69. The van der Waals surface area contributed by atoms with E-state index < -0.39 is 12.1 Å². The summed E-state index contributed by atoms with van der Waals surface area (Å²) >= 11 is 6.13. The molecule has 2 aromatic carbocycles. The highest BCUT2D eigenvalue weighted by Gasteiger charge is 2.44. The van der Waals surface area contributed by atoms with Crippen molar-refractivity contribution in [2.75, 3.05) is 13.1 Å². The molecule has 8 nitrogen and oxygen atoms in total. The molecule has 1 saturated carbocycles. The van der Waals surface area contributed by atoms with Gasteiger partial charge in [0, 0.05) is 37.6 Å². The smallest absolute Gasteiger partial charge is 0.245 e. The zero-order valence-corrected chi connectivity index (χ0v) is 26.2. The summed E-state index contributed by atoms with van der Waals surface area (Å²) in [5.41, 5.74) is 3.39. The van der Waals surface area contributed by atoms with Crippen molar-refractivity contribution < 1.29 is 9.59 Å². The molecule has 0 unspecified atom stereocenters. The first-order valence-corrected chi connectivity index (χ1v) is 16.1. The Kier molecular flexibility index (Phi) is 10.5. The maximum Gasteiger partial charge on any atom is 0.245 e. The molecule has 2 fully saturated rings. The van der Waals surface area contributed by atoms with Gasteiger partial charge in [0.15, 0.2) is 0 Å². The fourth-order valence-electron chi connectivity index (χ4n) is 6.96. The summed E-state index contributed by atoms with van der Waals surface area (Å²) in [6.07, 6.45) is 12.0. The quantitative estimate of drug-likeness (QED) is 0.308. The summed E-state index contributed by atoms with van der Waals surface area (Å²) in [6, 6.07) is 14.5. The molecule has 0 spiro atoms. The van der Waals surface area contributed by atoms with Crippen molar-refractivity contribution in [3.63, 3.8) is 0 Å². The minimum atomic E-state index is -0.658. The van der Waals surface area contributed by atoms with Crippen molar-refractivity contribution in [3.8, 4) is 0 Å². The number of aromatic nitrogens is 3. The highest BCUT2D eigenvalue weighted by molar-refractivity contribution is 6.30. The van der Waals surface area contributed by atoms with E-state index in [4.69, 9.17) is 11.6 Å². The average molecular weight is 605 g/mol. The van der Waals surface area contributed by atoms with Gasteiger partial charge in [0.25, 0.3) is 0 Å². The molecule has 43 heavy (non-hydrogen) atoms. The number of nitrogens with one attached hydrogen (secondary N) is 2. The monoisotopic (exact) mass is 604 g/mol. The summed E-state index contributed by atoms with van der Waals surface area (Å²) in [5, 5.41) is 11.5. The normalized spacial score (nSPS) is 18.6. The number of carbonyl (C=O) groups is 2. The van der Waals surface area contributed by atoms with Crippen LogP contribution in [0, 0.1) is 18.3 Å². The number of piperidine rings is 1. The van der Waals surface area contributed by atoms with Gasteiger partial charge >= 0.3 is 0 Å². The van der Waals surface area contributed by atoms with E-state index in [2.05, 4.69) is 39.8 Å². The lowest BCUT2D eigenvalue weighted by molar-refractivity contribution is -0.139. The highest BCUT2D eigenvalue weighted by Crippen LogP contribution is 2.47. The Bertz CT molecular complexity index is 1330. The van der Waals surface area contributed by atoms with Gasteiger partial charge in [0.2, 0.25) is 11.8 Å². The van der Waals surface area contributed by atoms with Gasteiger partial charge < -0.3 is 15.5 Å². The number of rotatable bonds is 11. The Morgan fingerprint density at radius 3 is 2.44 bits per heavy atom. The van der Waals surface area contributed by atoms with Crippen molar-refractivity contribution in [3.05, 3.63) is 82.9 Å². The number of nitrogens with zero attached hydrogens (tertiary/aromatic N) is 4. The number of amides is 2. The Labute approximate surface area is 260 Å². The second-order valence-electron chi connectivity index (χ2n) is 12.5. The first kappa shape index (κ1) is 31.2. The molecule has 1 aliphatic carbocycles. The van der Waals surface area contributed by atoms with E-state index in [1.165, 1.54) is 37.7 Å². The number of halogens is 1. The molecule has 2 atom stereocenters. The Morgan fingerprint density at radius 2 is 1.77 bits per heavy atom. The van der Waals surface area contributed by atoms with Gasteiger partial charge in [-0.25, -0.2) is 4.98 Å². The topological polar surface area (TPSA) is 92.2 Å². The van der Waals surface area contributed by atoms with Crippen LogP contribution >= 0.6 is 11.6 Å². The molecule has 1 saturated heterocycles. The van der Waals surface area contributed by atoms with Crippen molar-refractivity contribution in [1.82, 2.24) is 30.3 Å². The van der Waals surface area contributed by atoms with Gasteiger partial charge in [0.05, 0.1) is 6.04 Å². The maximum absolute atomic E-state index is 14.1. The molecule has 0 radical (unpaired) electrons. The van der Waals surface area contributed by atoms with Crippen molar-refractivity contribution >= 4 is 23.4 Å². The molecule has 2 N–H and O–H groups in total. The number of carbonyl (C=O) groups excluding carboxylic acids is 2. The molecule has 2 amide bonds. The molecule has 2 aliphatic rings. The fourth-order valence-corrected chi connectivity index (χ4v) is 7.08. The van der Waals surface area contributed by atoms with Crippen molar-refractivity contribution in [2.45, 2.75) is 90.4 Å². The number of likely N-dealkylation sites (tertiary alicyclic amines) is 1. The third-order valence-electron chi connectivity index (χ3n) is 9.71. The highest BCUT2D eigenvalue weighted by atomic mass is 35.5. The summed E-state index contributed by atoms with van der Waals surface area (Å²) < 4.78 is 1.97. The fraction of sp³-hybridized carbons (Fsp3) is 0.529. The van der Waals surface area contributed by atoms with Crippen LogP contribution in [0.4, 0.5) is 0 Å². The lowest BCUT2D eigenvalue weighted by Gasteiger charge is -2.48. The third-order valence-corrected chi connectivity index (χ3v) is 9.96. The van der Waals surface area contributed by atoms with Crippen LogP contribution in [0.1, 0.15) is 68.6 Å². The largest absolute Gasteiger partial charge is 0.343 e. The van der Waals surface area contributed by atoms with Crippen molar-refractivity contribution in [2.24, 2.45) is 11.3 Å². The first-order chi connectivity index (χ1) is 20.8. The second-order valence-corrected chi connectivity index (χ2v) is 13.0. The molecular weight excluding hydrogens is 560 g/mol. The second kappa shape index (κ2) is 14.5. The van der Waals surface area contributed by atoms with E-state index in [1.54, 1.807) is 6.33 Å². The van der Waals surface area contributed by atoms with Gasteiger partial charge in [-0.1, -0.05) is 67.3 Å². The van der Waals surface area contributed by atoms with Gasteiger partial charge in [-0.2, -0.15) is 5.10 Å². The first-order valence-electron chi connectivity index (χ1n) is 15.8. The Morgan fingerprint density at radius 1 is 1.05 bits per heavy atom. The van der Waals surface area contributed by atoms with Crippen LogP contribution in [0.3, 0.4) is 0 Å². The standard InChI is InChI=1S/C34H45ClN6O2/c1-25-8-6-7-9-28(25)21-37-26(2)32(42)39-31(20-27-12-14-30(35)15-13-27)33(43)40-18-16-34(17-19-40,22-41-24-36-23-38-41)29-10-4-3-5-11-29/h6-9,12-15,23-24,26,29,31,37H,3-5,10-11,16-22H2,1-2H3,(H,39,42)/t26-,31-/m1/s1. The predicted molar refractivity (Wildman–Crippen MR) is 169 cm³/mol. The van der Waals surface area contributed by atoms with Crippen LogP contribution < -0.4 is 10.6 Å². The molecule has 9 heteroatoms. The van der Waals surface area contributed by atoms with Crippen LogP contribution in [0.2, 0.25) is 5.02 Å². The maximum atomic E-state index is 14.1. The van der Waals surface area contributed by atoms with E-state index in [0.717, 1.165) is 30.5 Å². The lowest BCUT2D eigenvalue weighted by atomic mass is 9.63. The minimum absolute atomic E-state index is 0.0209. The molecule has 1 aliphatic heterocycles. The van der Waals surface area contributed by atoms with Gasteiger partial charge in [-0.3, -0.25) is 14.3 Å². The average Bonchev–Trinajstić information content (AvgIpc) is 3.54. The van der Waals surface area contributed by atoms with Gasteiger partial charge in [-0.05, 0) is 79.7 Å². The molecular formula is C34H45ClN6O2. The summed E-state index contributed by atoms with van der Waals surface area (Å²) in [5.74, 6) is 0.431. The van der Waals surface area contributed by atoms with E-state index in [0.29, 0.717) is 37.0 Å². The van der Waals surface area contributed by atoms with Crippen molar-refractivity contribution in [1.29, 1.82) is 0 Å². The molecule has 0 bridgehead atoms. The molecule has 3 aromatic rings. The van der Waals surface area contributed by atoms with Crippen LogP contribution in [-0.2, 0) is 29.1 Å². The SMILES string of the molecule is Cc1ccccc1CN[C@H](C)C(=O)N[C@H](Cc1ccc(Cl)cc1)C(=O)N1CCC(Cn2cncn2)(C2CCCCC2)CC1. The number of hydrogen-bond donors (Lipinski definition) is 2. The van der Waals surface area contributed by atoms with E-state index in [9.17, 15) is 9.59 Å². The van der Waals surface area contributed by atoms with Gasteiger partial charge in [-0.15, -0.1) is 0 Å². The summed E-state index contributed by atoms with van der Waals surface area (Å²) in [4.78, 5) is 33.6. The van der Waals surface area contributed by atoms with Crippen LogP contribution in [0.5, 0.6) is 0 Å². The zero-order chi connectivity index (χ0) is 30.2. The van der Waals surface area contributed by atoms with Crippen LogP contribution in [0.25, 0.3) is 0 Å². The Hall–Kier alpha value is -3.23. The zero-order valence-electron chi connectivity index (χ0n) is 25.5. The molecule has 2 heterocycles. The Balaban J connectivity index is 1.27. The van der Waals surface area contributed by atoms with E-state index >= 15 is 0 Å². The molecule has 1 aromatic heterocycles. The summed E-state index contributed by atoms with van der Waals surface area (Å²) in [7, 11) is 0. The van der Waals surface area contributed by atoms with E-state index in [1.807, 2.05) is 59.2 Å². The lowest BCUT2D eigenvalue weighted by Crippen LogP contribution is -2.56. The van der Waals surface area contributed by atoms with E-state index in [-0.39, 0.29) is 17.2 Å². The third kappa shape index (κ3) is 8.03. The number of benzene rings is 2. The van der Waals surface area contributed by atoms with Crippen LogP contribution in [0.15, 0.2) is 61.2 Å².